The van der Waals surface area contributed by atoms with Gasteiger partial charge >= 0.3 is 0 Å². The van der Waals surface area contributed by atoms with Gasteiger partial charge in [0.15, 0.2) is 6.29 Å². The Morgan fingerprint density at radius 3 is 2.44 bits per heavy atom. The van der Waals surface area contributed by atoms with Crippen LogP contribution in [0.15, 0.2) is 79.0 Å². The minimum atomic E-state index is -0.609. The molecule has 0 saturated carbocycles. The van der Waals surface area contributed by atoms with Crippen molar-refractivity contribution in [2.24, 2.45) is 5.92 Å². The normalized spacial score (nSPS) is 24.9. The fourth-order valence-corrected chi connectivity index (χ4v) is 5.55. The number of para-hydroxylation sites is 2. The Hall–Kier alpha value is -3.73. The van der Waals surface area contributed by atoms with Gasteiger partial charge in [0.25, 0.3) is 5.91 Å². The molecule has 0 radical (unpaired) electrons. The van der Waals surface area contributed by atoms with Crippen LogP contribution in [0, 0.1) is 5.92 Å². The van der Waals surface area contributed by atoms with E-state index in [-0.39, 0.29) is 42.4 Å². The Kier molecular flexibility index (Phi) is 8.04. The van der Waals surface area contributed by atoms with E-state index in [4.69, 9.17) is 9.47 Å². The van der Waals surface area contributed by atoms with Gasteiger partial charge in [-0.05, 0) is 41.8 Å². The van der Waals surface area contributed by atoms with Gasteiger partial charge < -0.3 is 25.0 Å². The van der Waals surface area contributed by atoms with E-state index in [2.05, 4.69) is 27.1 Å². The van der Waals surface area contributed by atoms with Crippen LogP contribution in [-0.2, 0) is 16.1 Å². The maximum Gasteiger partial charge on any atom is 0.275 e. The molecule has 9 heteroatoms. The van der Waals surface area contributed by atoms with Gasteiger partial charge in [-0.2, -0.15) is 0 Å². The highest BCUT2D eigenvalue weighted by molar-refractivity contribution is 6.03. The average molecular weight is 555 g/mol. The van der Waals surface area contributed by atoms with Crippen molar-refractivity contribution in [3.63, 3.8) is 0 Å². The molecule has 6 rings (SSSR count). The summed E-state index contributed by atoms with van der Waals surface area (Å²) in [4.78, 5) is 23.9. The number of benzene rings is 3. The molecule has 3 N–H and O–H groups in total. The first kappa shape index (κ1) is 27.4. The Bertz CT molecular complexity index is 1500. The lowest BCUT2D eigenvalue weighted by Crippen LogP contribution is -2.44. The second-order valence-electron chi connectivity index (χ2n) is 10.8. The summed E-state index contributed by atoms with van der Waals surface area (Å²) >= 11 is 0. The summed E-state index contributed by atoms with van der Waals surface area (Å²) in [6, 6.07) is 22.7. The summed E-state index contributed by atoms with van der Waals surface area (Å²) in [7, 11) is 0. The third-order valence-electron chi connectivity index (χ3n) is 7.93. The first-order valence-electron chi connectivity index (χ1n) is 14.0. The van der Waals surface area contributed by atoms with Crippen LogP contribution in [0.25, 0.3) is 11.0 Å². The van der Waals surface area contributed by atoms with Crippen molar-refractivity contribution in [2.45, 2.75) is 44.6 Å². The summed E-state index contributed by atoms with van der Waals surface area (Å²) in [5.74, 6) is -0.278. The quantitative estimate of drug-likeness (QED) is 0.311. The number of aliphatic hydroxyl groups is 2. The molecule has 41 heavy (non-hydrogen) atoms. The van der Waals surface area contributed by atoms with Crippen molar-refractivity contribution in [3.8, 4) is 0 Å². The molecule has 4 aromatic rings. The molecule has 0 bridgehead atoms. The topological polar surface area (TPSA) is 117 Å². The molecule has 1 amide bonds. The number of ether oxygens (including phenoxy) is 2. The number of aromatic nitrogens is 2. The lowest BCUT2D eigenvalue weighted by molar-refractivity contribution is -0.276. The van der Waals surface area contributed by atoms with Crippen LogP contribution in [0.1, 0.15) is 52.9 Å². The third-order valence-corrected chi connectivity index (χ3v) is 7.93. The van der Waals surface area contributed by atoms with Crippen LogP contribution in [0.2, 0.25) is 0 Å². The molecule has 2 aliphatic heterocycles. The standard InChI is InChI=1S/C32H34N4O5/c1-20-29(18-36-15-14-25(38)17-36)40-32(41-30(20)22-8-6-21(19-37)7-9-22)23-10-12-24(13-11-23)34-31(39)28-16-33-26-4-2-3-5-27(26)35-28/h2-13,16,20,25,29-30,32,37-38H,14-15,17-19H2,1H3,(H,34,39)/t20-,25+,29+,30+,32+/m1/s1. The number of β-amino-alcohol motifs (C(OH)–C–C–N with tert-alkyl or cyclic N) is 1. The lowest BCUT2D eigenvalue weighted by Gasteiger charge is -2.42. The molecule has 0 aliphatic carbocycles. The molecule has 2 saturated heterocycles. The number of hydrogen-bond donors (Lipinski definition) is 3. The highest BCUT2D eigenvalue weighted by atomic mass is 16.7. The number of nitrogens with zero attached hydrogens (tertiary/aromatic N) is 3. The lowest BCUT2D eigenvalue weighted by atomic mass is 9.90. The minimum Gasteiger partial charge on any atom is -0.392 e. The van der Waals surface area contributed by atoms with Gasteiger partial charge in [-0.3, -0.25) is 14.7 Å². The first-order valence-corrected chi connectivity index (χ1v) is 14.0. The second kappa shape index (κ2) is 12.0. The highest BCUT2D eigenvalue weighted by Crippen LogP contribution is 2.42. The van der Waals surface area contributed by atoms with Crippen LogP contribution >= 0.6 is 0 Å². The SMILES string of the molecule is C[C@@H]1[C@H](CN2CC[C@H](O)C2)O[C@H](c2ccc(NC(=O)c3cnc4ccccc4n3)cc2)O[C@@H]1c1ccc(CO)cc1. The Labute approximate surface area is 238 Å². The van der Waals surface area contributed by atoms with Crippen molar-refractivity contribution in [3.05, 3.63) is 101 Å². The zero-order valence-electron chi connectivity index (χ0n) is 22.9. The average Bonchev–Trinajstić information content (AvgIpc) is 3.42. The number of anilines is 1. The predicted molar refractivity (Wildman–Crippen MR) is 154 cm³/mol. The van der Waals surface area contributed by atoms with Crippen molar-refractivity contribution in [2.75, 3.05) is 25.0 Å². The monoisotopic (exact) mass is 554 g/mol. The van der Waals surface area contributed by atoms with Crippen LogP contribution in [0.4, 0.5) is 5.69 Å². The van der Waals surface area contributed by atoms with Gasteiger partial charge in [0.1, 0.15) is 5.69 Å². The molecule has 3 heterocycles. The zero-order valence-corrected chi connectivity index (χ0v) is 22.9. The number of aliphatic hydroxyl groups excluding tert-OH is 2. The molecule has 3 aromatic carbocycles. The van der Waals surface area contributed by atoms with Crippen molar-refractivity contribution in [1.29, 1.82) is 0 Å². The molecule has 2 aliphatic rings. The third kappa shape index (κ3) is 6.14. The highest BCUT2D eigenvalue weighted by Gasteiger charge is 2.39. The number of nitrogens with one attached hydrogen (secondary N) is 1. The largest absolute Gasteiger partial charge is 0.392 e. The van der Waals surface area contributed by atoms with Gasteiger partial charge in [0.2, 0.25) is 0 Å². The van der Waals surface area contributed by atoms with Gasteiger partial charge in [-0.25, -0.2) is 4.98 Å². The maximum atomic E-state index is 12.9. The number of likely N-dealkylation sites (tertiary alicyclic amines) is 1. The molecular formula is C32H34N4O5. The molecule has 212 valence electrons. The summed E-state index contributed by atoms with van der Waals surface area (Å²) in [5.41, 5.74) is 4.97. The number of carbonyl (C=O) groups is 1. The Morgan fingerprint density at radius 2 is 1.73 bits per heavy atom. The summed E-state index contributed by atoms with van der Waals surface area (Å²) in [6.45, 7) is 4.30. The van der Waals surface area contributed by atoms with Gasteiger partial charge in [0, 0.05) is 36.8 Å². The fraction of sp³-hybridized carbons (Fsp3) is 0.344. The van der Waals surface area contributed by atoms with Crippen LogP contribution in [0.3, 0.4) is 0 Å². The van der Waals surface area contributed by atoms with E-state index in [1.807, 2.05) is 72.8 Å². The molecule has 1 aromatic heterocycles. The van der Waals surface area contributed by atoms with E-state index in [0.717, 1.165) is 35.2 Å². The smallest absolute Gasteiger partial charge is 0.275 e. The number of carbonyl (C=O) groups excluding carboxylic acids is 1. The Balaban J connectivity index is 1.19. The zero-order chi connectivity index (χ0) is 28.3. The molecule has 5 atom stereocenters. The fourth-order valence-electron chi connectivity index (χ4n) is 5.55. The Morgan fingerprint density at radius 1 is 1.00 bits per heavy atom. The number of fused-ring (bicyclic) bond motifs is 1. The van der Waals surface area contributed by atoms with Crippen LogP contribution < -0.4 is 5.32 Å². The van der Waals surface area contributed by atoms with E-state index in [9.17, 15) is 15.0 Å². The number of amides is 1. The predicted octanol–water partition coefficient (Wildman–Crippen LogP) is 4.23. The van der Waals surface area contributed by atoms with Crippen molar-refractivity contribution < 1.29 is 24.5 Å². The first-order chi connectivity index (χ1) is 20.0. The summed E-state index contributed by atoms with van der Waals surface area (Å²) < 4.78 is 13.1. The van der Waals surface area contributed by atoms with Crippen molar-refractivity contribution >= 4 is 22.6 Å². The van der Waals surface area contributed by atoms with Gasteiger partial charge in [-0.15, -0.1) is 0 Å². The molecular weight excluding hydrogens is 520 g/mol. The van der Waals surface area contributed by atoms with Crippen molar-refractivity contribution in [1.82, 2.24) is 14.9 Å². The molecule has 9 nitrogen and oxygen atoms in total. The summed E-state index contributed by atoms with van der Waals surface area (Å²) in [5, 5.41) is 22.4. The number of hydrogen-bond acceptors (Lipinski definition) is 8. The van der Waals surface area contributed by atoms with Gasteiger partial charge in [0.05, 0.1) is 42.1 Å². The second-order valence-corrected chi connectivity index (χ2v) is 10.8. The minimum absolute atomic E-state index is 0.0106. The van der Waals surface area contributed by atoms with E-state index in [1.165, 1.54) is 6.20 Å². The maximum absolute atomic E-state index is 12.9. The van der Waals surface area contributed by atoms with E-state index < -0.39 is 6.29 Å². The number of rotatable bonds is 7. The van der Waals surface area contributed by atoms with E-state index in [1.54, 1.807) is 0 Å². The van der Waals surface area contributed by atoms with Crippen LogP contribution in [0.5, 0.6) is 0 Å². The van der Waals surface area contributed by atoms with E-state index in [0.29, 0.717) is 24.3 Å². The van der Waals surface area contributed by atoms with E-state index >= 15 is 0 Å². The summed E-state index contributed by atoms with van der Waals surface area (Å²) in [6.07, 6.45) is 1.00. The molecule has 2 fully saturated rings. The molecule has 0 spiro atoms. The van der Waals surface area contributed by atoms with Gasteiger partial charge in [-0.1, -0.05) is 55.5 Å². The van der Waals surface area contributed by atoms with Crippen LogP contribution in [-0.4, -0.2) is 62.8 Å². The molecule has 0 unspecified atom stereocenters.